The fourth-order valence-corrected chi connectivity index (χ4v) is 5.71. The highest BCUT2D eigenvalue weighted by atomic mass is 16.8. The Hall–Kier alpha value is -1.68. The summed E-state index contributed by atoms with van der Waals surface area (Å²) in [7, 11) is 0. The lowest BCUT2D eigenvalue weighted by Crippen LogP contribution is -2.65. The van der Waals surface area contributed by atoms with Crippen molar-refractivity contribution in [1.82, 2.24) is 0 Å². The average molecular weight is 647 g/mol. The molecule has 260 valence electrons. The standard InChI is InChI=1S/C32H54O13/c1-20-16-14-12-10-8-6-4-3-5-7-9-11-13-15-17-24(34)41-19-23-25(35)27(37)29(39)31(43-23)45-30-28(38)26(36)22(18-40-21(2)33)44-32(30)42-20/h3-4,20,22-23,25-32,35-39H,5-19H2,1-2H3/b4-3-/t20?,22-,23-,25-,26-,27+,28+,29-,30-,31+,32-/m1/s1. The van der Waals surface area contributed by atoms with Crippen LogP contribution in [-0.2, 0) is 38.0 Å². The molecule has 3 aliphatic heterocycles. The van der Waals surface area contributed by atoms with E-state index < -0.39 is 80.0 Å². The van der Waals surface area contributed by atoms with Gasteiger partial charge in [-0.25, -0.2) is 0 Å². The Morgan fingerprint density at radius 1 is 0.756 bits per heavy atom. The van der Waals surface area contributed by atoms with Crippen LogP contribution in [0.5, 0.6) is 0 Å². The number of aliphatic hydroxyl groups excluding tert-OH is 5. The maximum Gasteiger partial charge on any atom is 0.305 e. The number of carbonyl (C=O) groups is 2. The molecule has 0 aromatic carbocycles. The second kappa shape index (κ2) is 19.9. The second-order valence-electron chi connectivity index (χ2n) is 12.3. The topological polar surface area (TPSA) is 191 Å². The number of ether oxygens (including phenoxy) is 6. The Kier molecular flexibility index (Phi) is 16.7. The highest BCUT2D eigenvalue weighted by Gasteiger charge is 2.51. The Bertz CT molecular complexity index is 900. The van der Waals surface area contributed by atoms with Gasteiger partial charge in [0.15, 0.2) is 12.6 Å². The Labute approximate surface area is 265 Å². The van der Waals surface area contributed by atoms with Gasteiger partial charge in [0.25, 0.3) is 0 Å². The van der Waals surface area contributed by atoms with E-state index in [1.807, 2.05) is 6.92 Å². The Morgan fingerprint density at radius 2 is 1.40 bits per heavy atom. The molecule has 1 unspecified atom stereocenters. The number of hydrogen-bond donors (Lipinski definition) is 5. The van der Waals surface area contributed by atoms with Crippen molar-refractivity contribution in [2.24, 2.45) is 0 Å². The maximum absolute atomic E-state index is 12.3. The molecule has 2 bridgehead atoms. The van der Waals surface area contributed by atoms with E-state index >= 15 is 0 Å². The van der Waals surface area contributed by atoms with E-state index in [1.165, 1.54) is 6.92 Å². The summed E-state index contributed by atoms with van der Waals surface area (Å²) in [5.41, 5.74) is 0. The molecule has 13 heteroatoms. The monoisotopic (exact) mass is 646 g/mol. The zero-order valence-corrected chi connectivity index (χ0v) is 26.6. The summed E-state index contributed by atoms with van der Waals surface area (Å²) < 4.78 is 33.9. The molecule has 5 N–H and O–H groups in total. The summed E-state index contributed by atoms with van der Waals surface area (Å²) in [5.74, 6) is -1.07. The average Bonchev–Trinajstić information content (AvgIpc) is 3.00. The minimum atomic E-state index is -1.75. The van der Waals surface area contributed by atoms with E-state index in [9.17, 15) is 35.1 Å². The summed E-state index contributed by atoms with van der Waals surface area (Å²) in [6.45, 7) is 2.30. The normalized spacial score (nSPS) is 40.0. The van der Waals surface area contributed by atoms with Crippen LogP contribution in [0.4, 0.5) is 0 Å². The van der Waals surface area contributed by atoms with Crippen LogP contribution in [0.15, 0.2) is 12.2 Å². The van der Waals surface area contributed by atoms with Gasteiger partial charge < -0.3 is 54.0 Å². The van der Waals surface area contributed by atoms with Crippen LogP contribution in [0.3, 0.4) is 0 Å². The fraction of sp³-hybridized carbons (Fsp3) is 0.875. The van der Waals surface area contributed by atoms with E-state index in [2.05, 4.69) is 12.2 Å². The van der Waals surface area contributed by atoms with Crippen molar-refractivity contribution < 1.29 is 63.5 Å². The third kappa shape index (κ3) is 12.5. The summed E-state index contributed by atoms with van der Waals surface area (Å²) in [6, 6.07) is 0. The number of hydrogen-bond acceptors (Lipinski definition) is 13. The summed E-state index contributed by atoms with van der Waals surface area (Å²) in [6.07, 6.45) is 0.987. The van der Waals surface area contributed by atoms with Crippen molar-refractivity contribution >= 4 is 11.9 Å². The largest absolute Gasteiger partial charge is 0.463 e. The SMILES string of the molecule is CC(=O)OC[C@H]1O[C@H]2OC(C)CCCCCC/C=C\CCCCCCCC(=O)OC[C@H]3O[C@@H](O[C@@H]2[C@@H](O)[C@@H]1O)[C@H](O)[C@@H](O)[C@@H]3O. The third-order valence-corrected chi connectivity index (χ3v) is 8.48. The second-order valence-corrected chi connectivity index (χ2v) is 12.3. The van der Waals surface area contributed by atoms with Gasteiger partial charge in [-0.1, -0.05) is 50.7 Å². The number of allylic oxidation sites excluding steroid dienone is 2. The molecule has 0 aromatic rings. The van der Waals surface area contributed by atoms with Crippen molar-refractivity contribution in [2.75, 3.05) is 13.2 Å². The highest BCUT2D eigenvalue weighted by molar-refractivity contribution is 5.69. The Morgan fingerprint density at radius 3 is 2.09 bits per heavy atom. The minimum Gasteiger partial charge on any atom is -0.463 e. The van der Waals surface area contributed by atoms with Crippen LogP contribution in [0.2, 0.25) is 0 Å². The van der Waals surface area contributed by atoms with Crippen LogP contribution in [0.25, 0.3) is 0 Å². The lowest BCUT2D eigenvalue weighted by molar-refractivity contribution is -0.371. The lowest BCUT2D eigenvalue weighted by atomic mass is 9.97. The third-order valence-electron chi connectivity index (χ3n) is 8.48. The number of fused-ring (bicyclic) bond motifs is 3. The predicted molar refractivity (Wildman–Crippen MR) is 160 cm³/mol. The van der Waals surface area contributed by atoms with E-state index in [-0.39, 0.29) is 19.1 Å². The first-order valence-electron chi connectivity index (χ1n) is 16.5. The fourth-order valence-electron chi connectivity index (χ4n) is 5.71. The van der Waals surface area contributed by atoms with E-state index in [4.69, 9.17) is 28.4 Å². The van der Waals surface area contributed by atoms with Crippen LogP contribution in [0, 0.1) is 0 Å². The molecule has 2 fully saturated rings. The Balaban J connectivity index is 1.73. The van der Waals surface area contributed by atoms with Crippen LogP contribution >= 0.6 is 0 Å². The summed E-state index contributed by atoms with van der Waals surface area (Å²) >= 11 is 0. The molecule has 3 heterocycles. The van der Waals surface area contributed by atoms with Crippen LogP contribution in [-0.4, -0.2) is 118 Å². The first-order chi connectivity index (χ1) is 21.6. The molecular formula is C32H54O13. The van der Waals surface area contributed by atoms with Gasteiger partial charge in [0.2, 0.25) is 0 Å². The number of cyclic esters (lactones) is 1. The number of carbonyl (C=O) groups excluding carboxylic acids is 2. The predicted octanol–water partition coefficient (Wildman–Crippen LogP) is 1.78. The zero-order chi connectivity index (χ0) is 32.8. The van der Waals surface area contributed by atoms with Gasteiger partial charge in [-0.3, -0.25) is 9.59 Å². The number of rotatable bonds is 2. The van der Waals surface area contributed by atoms with Crippen molar-refractivity contribution in [1.29, 1.82) is 0 Å². The van der Waals surface area contributed by atoms with E-state index in [1.54, 1.807) is 0 Å². The van der Waals surface area contributed by atoms with Crippen molar-refractivity contribution in [2.45, 2.75) is 165 Å². The molecule has 0 radical (unpaired) electrons. The number of aliphatic hydroxyl groups is 5. The molecule has 13 nitrogen and oxygen atoms in total. The zero-order valence-electron chi connectivity index (χ0n) is 26.6. The van der Waals surface area contributed by atoms with Crippen molar-refractivity contribution in [3.8, 4) is 0 Å². The molecule has 11 atom stereocenters. The molecule has 3 rings (SSSR count). The molecule has 0 amide bonds. The van der Waals surface area contributed by atoms with Crippen molar-refractivity contribution in [3.63, 3.8) is 0 Å². The maximum atomic E-state index is 12.3. The summed E-state index contributed by atoms with van der Waals surface area (Å²) in [5, 5.41) is 53.6. The van der Waals surface area contributed by atoms with Gasteiger partial charge in [-0.2, -0.15) is 0 Å². The first-order valence-corrected chi connectivity index (χ1v) is 16.5. The van der Waals surface area contributed by atoms with Crippen LogP contribution < -0.4 is 0 Å². The van der Waals surface area contributed by atoms with Gasteiger partial charge >= 0.3 is 11.9 Å². The molecule has 0 saturated carbocycles. The van der Waals surface area contributed by atoms with E-state index in [0.717, 1.165) is 64.2 Å². The molecule has 0 spiro atoms. The van der Waals surface area contributed by atoms with Crippen LogP contribution in [0.1, 0.15) is 97.3 Å². The first kappa shape index (κ1) is 37.8. The molecule has 0 aliphatic carbocycles. The van der Waals surface area contributed by atoms with Gasteiger partial charge in [0.1, 0.15) is 62.0 Å². The number of esters is 2. The lowest BCUT2D eigenvalue weighted by Gasteiger charge is -2.46. The van der Waals surface area contributed by atoms with Gasteiger partial charge in [0.05, 0.1) is 6.10 Å². The molecule has 0 aromatic heterocycles. The highest BCUT2D eigenvalue weighted by Crippen LogP contribution is 2.31. The molecule has 45 heavy (non-hydrogen) atoms. The molecular weight excluding hydrogens is 592 g/mol. The van der Waals surface area contributed by atoms with Gasteiger partial charge in [-0.05, 0) is 45.4 Å². The molecule has 2 saturated heterocycles. The smallest absolute Gasteiger partial charge is 0.305 e. The minimum absolute atomic E-state index is 0.197. The van der Waals surface area contributed by atoms with Gasteiger partial charge in [-0.15, -0.1) is 0 Å². The molecule has 3 aliphatic rings. The van der Waals surface area contributed by atoms with E-state index in [0.29, 0.717) is 12.8 Å². The van der Waals surface area contributed by atoms with Crippen molar-refractivity contribution in [3.05, 3.63) is 12.2 Å². The summed E-state index contributed by atoms with van der Waals surface area (Å²) in [4.78, 5) is 23.7. The quantitative estimate of drug-likeness (QED) is 0.216. The van der Waals surface area contributed by atoms with Gasteiger partial charge in [0, 0.05) is 13.3 Å².